The largest absolute Gasteiger partial charge is 0.506 e. The first kappa shape index (κ1) is 19.3. The molecule has 0 radical (unpaired) electrons. The first-order valence-electron chi connectivity index (χ1n) is 8.76. The Labute approximate surface area is 160 Å². The van der Waals surface area contributed by atoms with E-state index in [2.05, 4.69) is 4.98 Å². The molecule has 1 aromatic rings. The highest BCUT2D eigenvalue weighted by Crippen LogP contribution is 2.39. The van der Waals surface area contributed by atoms with Crippen LogP contribution in [0.3, 0.4) is 0 Å². The topological polar surface area (TPSA) is 149 Å². The molecule has 148 valence electrons. The maximum Gasteiger partial charge on any atom is 0.506 e. The van der Waals surface area contributed by atoms with Crippen LogP contribution < -0.4 is 10.6 Å². The molecular weight excluding hydrogens is 368 g/mol. The quantitative estimate of drug-likeness (QED) is 0.439. The Morgan fingerprint density at radius 2 is 2.04 bits per heavy atom. The molecule has 2 aliphatic rings. The lowest BCUT2D eigenvalue weighted by Gasteiger charge is -2.42. The number of carboxylic acid groups (broad SMARTS) is 1. The van der Waals surface area contributed by atoms with E-state index < -0.39 is 28.6 Å². The van der Waals surface area contributed by atoms with Gasteiger partial charge in [0.2, 0.25) is 11.5 Å². The van der Waals surface area contributed by atoms with Gasteiger partial charge in [-0.05, 0) is 37.1 Å². The smallest absolute Gasteiger partial charge is 0.450 e. The first-order valence-corrected chi connectivity index (χ1v) is 8.76. The number of pyridine rings is 1. The van der Waals surface area contributed by atoms with Crippen molar-refractivity contribution in [3.8, 4) is 0 Å². The van der Waals surface area contributed by atoms with Crippen LogP contribution in [0.1, 0.15) is 23.2 Å². The zero-order valence-corrected chi connectivity index (χ0v) is 14.9. The molecule has 10 nitrogen and oxygen atoms in total. The molecule has 1 amide bonds. The average Bonchev–Trinajstić information content (AvgIpc) is 2.68. The predicted molar refractivity (Wildman–Crippen MR) is 98.6 cm³/mol. The molecule has 1 fully saturated rings. The number of aromatic nitrogens is 1. The number of ether oxygens (including phenoxy) is 1. The van der Waals surface area contributed by atoms with Crippen molar-refractivity contribution in [2.75, 3.05) is 18.0 Å². The zero-order valence-electron chi connectivity index (χ0n) is 14.9. The van der Waals surface area contributed by atoms with Gasteiger partial charge in [-0.1, -0.05) is 12.2 Å². The van der Waals surface area contributed by atoms with E-state index in [4.69, 9.17) is 10.5 Å². The number of nitrogens with two attached hydrogens (primary N) is 1. The minimum Gasteiger partial charge on any atom is -0.450 e. The van der Waals surface area contributed by atoms with Gasteiger partial charge < -0.3 is 20.5 Å². The maximum atomic E-state index is 11.6. The van der Waals surface area contributed by atoms with Crippen molar-refractivity contribution in [1.29, 1.82) is 0 Å². The lowest BCUT2D eigenvalue weighted by Crippen LogP contribution is -2.56. The fraction of sp³-hybridized carbons (Fsp3) is 0.389. The highest BCUT2D eigenvalue weighted by atomic mass is 16.7. The van der Waals surface area contributed by atoms with Crippen molar-refractivity contribution < 1.29 is 24.4 Å². The van der Waals surface area contributed by atoms with Crippen LogP contribution in [0.25, 0.3) is 0 Å². The molecule has 0 saturated carbocycles. The Hall–Kier alpha value is -3.43. The number of carbonyl (C=O) groups is 2. The minimum absolute atomic E-state index is 0.306. The molecule has 1 aliphatic carbocycles. The third kappa shape index (κ3) is 3.66. The molecule has 3 N–H and O–H groups in total. The molecule has 28 heavy (non-hydrogen) atoms. The number of allylic oxidation sites excluding steroid dienone is 2. The third-order valence-corrected chi connectivity index (χ3v) is 5.20. The number of rotatable bonds is 5. The number of amides is 1. The summed E-state index contributed by atoms with van der Waals surface area (Å²) in [5.41, 5.74) is 3.98. The Morgan fingerprint density at radius 3 is 2.57 bits per heavy atom. The first-order chi connectivity index (χ1) is 13.3. The van der Waals surface area contributed by atoms with E-state index in [9.17, 15) is 24.8 Å². The number of nitro groups is 1. The van der Waals surface area contributed by atoms with E-state index in [0.29, 0.717) is 37.3 Å². The lowest BCUT2D eigenvalue weighted by atomic mass is 9.74. The molecule has 1 aromatic heterocycles. The molecule has 2 atom stereocenters. The van der Waals surface area contributed by atoms with Gasteiger partial charge in [0, 0.05) is 30.1 Å². The van der Waals surface area contributed by atoms with Gasteiger partial charge in [-0.25, -0.2) is 9.78 Å². The number of nitrogens with zero attached hydrogens (tertiary/aromatic N) is 3. The van der Waals surface area contributed by atoms with Crippen LogP contribution in [0.15, 0.2) is 42.6 Å². The van der Waals surface area contributed by atoms with Crippen molar-refractivity contribution in [2.45, 2.75) is 24.5 Å². The molecule has 0 spiro atoms. The van der Waals surface area contributed by atoms with Crippen LogP contribution in [0.2, 0.25) is 0 Å². The summed E-state index contributed by atoms with van der Waals surface area (Å²) >= 11 is 0. The molecule has 0 bridgehead atoms. The fourth-order valence-electron chi connectivity index (χ4n) is 3.84. The molecule has 0 aromatic carbocycles. The summed E-state index contributed by atoms with van der Waals surface area (Å²) in [6.07, 6.45) is 6.77. The summed E-state index contributed by atoms with van der Waals surface area (Å²) in [6.45, 7) is 1.03. The average molecular weight is 388 g/mol. The fourth-order valence-corrected chi connectivity index (χ4v) is 3.84. The zero-order chi connectivity index (χ0) is 20.3. The lowest BCUT2D eigenvalue weighted by molar-refractivity contribution is -0.531. The van der Waals surface area contributed by atoms with Crippen molar-refractivity contribution >= 4 is 17.9 Å². The van der Waals surface area contributed by atoms with Gasteiger partial charge in [-0.2, -0.15) is 0 Å². The van der Waals surface area contributed by atoms with Gasteiger partial charge in [0.15, 0.2) is 0 Å². The second-order valence-corrected chi connectivity index (χ2v) is 6.73. The van der Waals surface area contributed by atoms with Gasteiger partial charge >= 0.3 is 6.16 Å². The van der Waals surface area contributed by atoms with Gasteiger partial charge in [0.25, 0.3) is 6.04 Å². The standard InChI is InChI=1S/C18H20N4O6/c19-16(23)12-4-5-15(20-11-12)21-9-6-13(7-10-21)18(28-17(24)25)8-2-1-3-14(18)22(26)27/h1-5,8,11,13-14H,6-7,9-10H2,(H2,19,23)(H,24,25). The van der Waals surface area contributed by atoms with Crippen LogP contribution in [-0.2, 0) is 4.74 Å². The Bertz CT molecular complexity index is 829. The van der Waals surface area contributed by atoms with E-state index >= 15 is 0 Å². The monoisotopic (exact) mass is 388 g/mol. The number of anilines is 1. The van der Waals surface area contributed by atoms with E-state index in [1.807, 2.05) is 4.90 Å². The molecule has 2 heterocycles. The molecular formula is C18H20N4O6. The minimum atomic E-state index is -1.54. The molecule has 10 heteroatoms. The van der Waals surface area contributed by atoms with E-state index in [1.165, 1.54) is 24.4 Å². The van der Waals surface area contributed by atoms with E-state index in [1.54, 1.807) is 18.2 Å². The van der Waals surface area contributed by atoms with E-state index in [0.717, 1.165) is 0 Å². The summed E-state index contributed by atoms with van der Waals surface area (Å²) in [7, 11) is 0. The SMILES string of the molecule is NC(=O)c1ccc(N2CCC(C3(OC(=O)O)C=CC=CC3[N+](=O)[O-])CC2)nc1. The summed E-state index contributed by atoms with van der Waals surface area (Å²) in [4.78, 5) is 39.7. The number of primary amides is 1. The summed E-state index contributed by atoms with van der Waals surface area (Å²) in [6, 6.07) is 1.99. The van der Waals surface area contributed by atoms with Crippen molar-refractivity contribution in [1.82, 2.24) is 4.98 Å². The van der Waals surface area contributed by atoms with Crippen LogP contribution in [0, 0.1) is 16.0 Å². The van der Waals surface area contributed by atoms with Crippen molar-refractivity contribution in [3.05, 3.63) is 58.3 Å². The Kier molecular flexibility index (Phi) is 5.30. The van der Waals surface area contributed by atoms with E-state index in [-0.39, 0.29) is 5.92 Å². The van der Waals surface area contributed by atoms with Crippen LogP contribution in [-0.4, -0.2) is 51.8 Å². The molecule has 3 rings (SSSR count). The number of piperidine rings is 1. The molecule has 1 saturated heterocycles. The number of hydrogen-bond acceptors (Lipinski definition) is 7. The van der Waals surface area contributed by atoms with Gasteiger partial charge in [0.05, 0.1) is 5.56 Å². The summed E-state index contributed by atoms with van der Waals surface area (Å²) in [5.74, 6) is -0.267. The Morgan fingerprint density at radius 1 is 1.32 bits per heavy atom. The van der Waals surface area contributed by atoms with Gasteiger partial charge in [-0.15, -0.1) is 0 Å². The van der Waals surface area contributed by atoms with Gasteiger partial charge in [0.1, 0.15) is 5.82 Å². The second-order valence-electron chi connectivity index (χ2n) is 6.73. The van der Waals surface area contributed by atoms with Crippen LogP contribution in [0.5, 0.6) is 0 Å². The Balaban J connectivity index is 1.78. The van der Waals surface area contributed by atoms with Crippen LogP contribution in [0.4, 0.5) is 10.6 Å². The normalized spacial score (nSPS) is 24.7. The summed E-state index contributed by atoms with van der Waals surface area (Å²) in [5, 5.41) is 20.8. The number of carbonyl (C=O) groups excluding carboxylic acids is 1. The third-order valence-electron chi connectivity index (χ3n) is 5.20. The van der Waals surface area contributed by atoms with Crippen molar-refractivity contribution in [2.24, 2.45) is 11.7 Å². The maximum absolute atomic E-state index is 11.6. The summed E-state index contributed by atoms with van der Waals surface area (Å²) < 4.78 is 5.13. The molecule has 1 aliphatic heterocycles. The van der Waals surface area contributed by atoms with Crippen LogP contribution >= 0.6 is 0 Å². The highest BCUT2D eigenvalue weighted by Gasteiger charge is 2.54. The number of hydrogen-bond donors (Lipinski definition) is 2. The van der Waals surface area contributed by atoms with Gasteiger partial charge in [-0.3, -0.25) is 14.9 Å². The molecule has 2 unspecified atom stereocenters. The second kappa shape index (κ2) is 7.67. The highest BCUT2D eigenvalue weighted by molar-refractivity contribution is 5.92. The predicted octanol–water partition coefficient (Wildman–Crippen LogP) is 1.60. The van der Waals surface area contributed by atoms with Crippen molar-refractivity contribution in [3.63, 3.8) is 0 Å².